The van der Waals surface area contributed by atoms with Gasteiger partial charge in [-0.2, -0.15) is 0 Å². The fourth-order valence-corrected chi connectivity index (χ4v) is 6.15. The molecule has 0 aromatic heterocycles. The highest BCUT2D eigenvalue weighted by Crippen LogP contribution is 2.39. The predicted octanol–water partition coefficient (Wildman–Crippen LogP) is 1.44. The Morgan fingerprint density at radius 3 is 2.54 bits per heavy atom. The van der Waals surface area contributed by atoms with Gasteiger partial charge in [-0.1, -0.05) is 34.1 Å². The largest absolute Gasteiger partial charge is 0.459 e. The van der Waals surface area contributed by atoms with Crippen LogP contribution in [0.25, 0.3) is 0 Å². The first-order chi connectivity index (χ1) is 13.1. The van der Waals surface area contributed by atoms with E-state index < -0.39 is 39.2 Å². The number of rotatable bonds is 4. The topological polar surface area (TPSA) is 92.8 Å². The molecular formula is C19H23BrN2O5S. The monoisotopic (exact) mass is 470 g/mol. The Hall–Kier alpha value is -1.74. The molecule has 4 atom stereocenters. The van der Waals surface area contributed by atoms with E-state index in [4.69, 9.17) is 4.74 Å². The van der Waals surface area contributed by atoms with E-state index in [-0.39, 0.29) is 29.4 Å². The van der Waals surface area contributed by atoms with Crippen LogP contribution in [0.2, 0.25) is 0 Å². The number of nitrogens with one attached hydrogen (secondary N) is 1. The second kappa shape index (κ2) is 7.59. The second-order valence-corrected chi connectivity index (χ2v) is 10.2. The minimum absolute atomic E-state index is 0.0688. The number of halogens is 1. The van der Waals surface area contributed by atoms with Crippen LogP contribution < -0.4 is 5.32 Å². The number of hydrogen-bond donors (Lipinski definition) is 1. The number of fused-ring (bicyclic) bond motifs is 1. The zero-order valence-electron chi connectivity index (χ0n) is 15.9. The van der Waals surface area contributed by atoms with Crippen molar-refractivity contribution in [2.75, 3.05) is 17.6 Å². The van der Waals surface area contributed by atoms with Crippen molar-refractivity contribution in [2.24, 2.45) is 5.41 Å². The van der Waals surface area contributed by atoms with E-state index in [1.165, 1.54) is 4.90 Å². The maximum absolute atomic E-state index is 12.9. The van der Waals surface area contributed by atoms with Gasteiger partial charge in [-0.15, -0.1) is 0 Å². The van der Waals surface area contributed by atoms with Crippen molar-refractivity contribution in [1.82, 2.24) is 10.2 Å². The Balaban J connectivity index is 1.74. The number of esters is 1. The maximum atomic E-state index is 12.9. The van der Waals surface area contributed by atoms with Crippen LogP contribution in [0.1, 0.15) is 31.1 Å². The van der Waals surface area contributed by atoms with Crippen LogP contribution in [-0.2, 0) is 25.1 Å². The summed E-state index contributed by atoms with van der Waals surface area (Å²) in [4.78, 5) is 39.2. The summed E-state index contributed by atoms with van der Waals surface area (Å²) in [5, 5.41) is 2.28. The maximum Gasteiger partial charge on any atom is 0.316 e. The van der Waals surface area contributed by atoms with E-state index >= 15 is 0 Å². The Labute approximate surface area is 174 Å². The number of carbonyl (C=O) groups is 3. The van der Waals surface area contributed by atoms with Gasteiger partial charge in [-0.05, 0) is 32.9 Å². The van der Waals surface area contributed by atoms with Gasteiger partial charge in [0.1, 0.15) is 22.4 Å². The lowest BCUT2D eigenvalue weighted by molar-refractivity contribution is -0.169. The number of benzene rings is 1. The van der Waals surface area contributed by atoms with Crippen LogP contribution in [0.5, 0.6) is 0 Å². The molecule has 7 nitrogen and oxygen atoms in total. The Kier molecular flexibility index (Phi) is 5.69. The molecule has 0 radical (unpaired) electrons. The first kappa shape index (κ1) is 21.0. The molecule has 1 aromatic rings. The number of ether oxygens (including phenoxy) is 1. The average molecular weight is 471 g/mol. The summed E-state index contributed by atoms with van der Waals surface area (Å²) in [6.07, 6.45) is 0. The molecule has 1 aromatic carbocycles. The highest BCUT2D eigenvalue weighted by Gasteiger charge is 2.60. The smallest absolute Gasteiger partial charge is 0.316 e. The van der Waals surface area contributed by atoms with Crippen molar-refractivity contribution in [3.63, 3.8) is 0 Å². The molecule has 0 bridgehead atoms. The van der Waals surface area contributed by atoms with Gasteiger partial charge in [0, 0.05) is 34.0 Å². The molecular weight excluding hydrogens is 448 g/mol. The lowest BCUT2D eigenvalue weighted by Crippen LogP contribution is -2.77. The molecule has 0 saturated carbocycles. The molecule has 2 amide bonds. The van der Waals surface area contributed by atoms with Crippen molar-refractivity contribution in [2.45, 2.75) is 37.8 Å². The SMILES string of the molecule is CC(C)(C)OC(=O)C1(CBr)CN2C(=O)C(NC(=O)c3ccccc3)[C@H]2S(=O)C1. The van der Waals surface area contributed by atoms with E-state index in [0.717, 1.165) is 0 Å². The molecule has 2 aliphatic heterocycles. The number of carbonyl (C=O) groups excluding carboxylic acids is 3. The Bertz CT molecular complexity index is 825. The van der Waals surface area contributed by atoms with Gasteiger partial charge in [0.2, 0.25) is 5.91 Å². The standard InChI is InChI=1S/C19H23BrN2O5S/c1-18(2,3)27-17(25)19(9-20)10-22-15(24)13(16(22)28(26)11-19)21-14(23)12-7-5-4-6-8-12/h4-8,13,16H,9-11H2,1-3H3,(H,21,23)/t13?,16-,19?,28?/m1/s1. The Morgan fingerprint density at radius 1 is 1.32 bits per heavy atom. The minimum atomic E-state index is -1.51. The van der Waals surface area contributed by atoms with Gasteiger partial charge < -0.3 is 15.0 Å². The first-order valence-electron chi connectivity index (χ1n) is 8.91. The Morgan fingerprint density at radius 2 is 1.96 bits per heavy atom. The van der Waals surface area contributed by atoms with Gasteiger partial charge in [-0.3, -0.25) is 18.6 Å². The molecule has 2 aliphatic rings. The van der Waals surface area contributed by atoms with E-state index in [2.05, 4.69) is 21.2 Å². The molecule has 3 unspecified atom stereocenters. The average Bonchev–Trinajstić information content (AvgIpc) is 2.64. The van der Waals surface area contributed by atoms with Crippen molar-refractivity contribution in [3.05, 3.63) is 35.9 Å². The summed E-state index contributed by atoms with van der Waals surface area (Å²) >= 11 is 3.34. The summed E-state index contributed by atoms with van der Waals surface area (Å²) in [5.74, 6) is -1.14. The molecule has 0 spiro atoms. The number of hydrogen-bond acceptors (Lipinski definition) is 5. The summed E-state index contributed by atoms with van der Waals surface area (Å²) in [7, 11) is -1.51. The van der Waals surface area contributed by atoms with Crippen LogP contribution in [0.4, 0.5) is 0 Å². The summed E-state index contributed by atoms with van der Waals surface area (Å²) in [6.45, 7) is 5.40. The van der Waals surface area contributed by atoms with Gasteiger partial charge in [-0.25, -0.2) is 0 Å². The fourth-order valence-electron chi connectivity index (χ4n) is 3.31. The van der Waals surface area contributed by atoms with E-state index in [0.29, 0.717) is 5.56 Å². The van der Waals surface area contributed by atoms with Crippen LogP contribution in [0.3, 0.4) is 0 Å². The first-order valence-corrected chi connectivity index (χ1v) is 11.4. The fraction of sp³-hybridized carbons (Fsp3) is 0.526. The highest BCUT2D eigenvalue weighted by atomic mass is 79.9. The molecule has 2 heterocycles. The van der Waals surface area contributed by atoms with Gasteiger partial charge in [0.25, 0.3) is 5.91 Å². The summed E-state index contributed by atoms with van der Waals surface area (Å²) < 4.78 is 18.4. The lowest BCUT2D eigenvalue weighted by atomic mass is 9.89. The molecule has 1 N–H and O–H groups in total. The van der Waals surface area contributed by atoms with Gasteiger partial charge >= 0.3 is 5.97 Å². The normalized spacial score (nSPS) is 29.5. The van der Waals surface area contributed by atoms with Crippen molar-refractivity contribution < 1.29 is 23.3 Å². The van der Waals surface area contributed by atoms with Crippen LogP contribution in [0, 0.1) is 5.41 Å². The van der Waals surface area contributed by atoms with Crippen LogP contribution in [-0.4, -0.2) is 61.5 Å². The van der Waals surface area contributed by atoms with Crippen LogP contribution >= 0.6 is 15.9 Å². The zero-order chi connectivity index (χ0) is 20.7. The van der Waals surface area contributed by atoms with Crippen LogP contribution in [0.15, 0.2) is 30.3 Å². The molecule has 2 saturated heterocycles. The minimum Gasteiger partial charge on any atom is -0.459 e. The van der Waals surface area contributed by atoms with Crippen molar-refractivity contribution >= 4 is 44.5 Å². The second-order valence-electron chi connectivity index (χ2n) is 8.11. The molecule has 9 heteroatoms. The van der Waals surface area contributed by atoms with Crippen molar-refractivity contribution in [1.29, 1.82) is 0 Å². The van der Waals surface area contributed by atoms with E-state index in [1.54, 1.807) is 51.1 Å². The lowest BCUT2D eigenvalue weighted by Gasteiger charge is -2.53. The summed E-state index contributed by atoms with van der Waals surface area (Å²) in [6, 6.07) is 7.70. The molecule has 152 valence electrons. The molecule has 3 rings (SSSR count). The third-order valence-corrected chi connectivity index (χ3v) is 7.69. The van der Waals surface area contributed by atoms with Gasteiger partial charge in [0.05, 0.1) is 0 Å². The summed E-state index contributed by atoms with van der Waals surface area (Å²) in [5.41, 5.74) is -1.33. The van der Waals surface area contributed by atoms with Gasteiger partial charge in [0.15, 0.2) is 0 Å². The van der Waals surface area contributed by atoms with E-state index in [1.807, 2.05) is 0 Å². The quantitative estimate of drug-likeness (QED) is 0.408. The number of amides is 2. The molecule has 28 heavy (non-hydrogen) atoms. The number of nitrogens with zero attached hydrogens (tertiary/aromatic N) is 1. The number of β-lactam (4-membered cyclic amide) rings is 1. The predicted molar refractivity (Wildman–Crippen MR) is 108 cm³/mol. The zero-order valence-corrected chi connectivity index (χ0v) is 18.3. The number of alkyl halides is 1. The van der Waals surface area contributed by atoms with E-state index in [9.17, 15) is 18.6 Å². The third-order valence-electron chi connectivity index (χ3n) is 4.71. The third kappa shape index (κ3) is 3.87. The molecule has 2 fully saturated rings. The highest BCUT2D eigenvalue weighted by molar-refractivity contribution is 9.09. The molecule has 0 aliphatic carbocycles. The van der Waals surface area contributed by atoms with Crippen molar-refractivity contribution in [3.8, 4) is 0 Å².